The highest BCUT2D eigenvalue weighted by Crippen LogP contribution is 2.19. The third kappa shape index (κ3) is 1.78. The molecule has 2 aromatic heterocycles. The lowest BCUT2D eigenvalue weighted by molar-refractivity contribution is 0.825. The fourth-order valence-electron chi connectivity index (χ4n) is 1.37. The summed E-state index contributed by atoms with van der Waals surface area (Å²) in [6.07, 6.45) is 3.41. The van der Waals surface area contributed by atoms with Crippen LogP contribution in [0, 0.1) is 6.92 Å². The van der Waals surface area contributed by atoms with E-state index in [0.717, 1.165) is 11.4 Å². The van der Waals surface area contributed by atoms with Crippen LogP contribution in [0.5, 0.6) is 0 Å². The second-order valence-corrected chi connectivity index (χ2v) is 3.54. The van der Waals surface area contributed by atoms with E-state index in [-0.39, 0.29) is 0 Å². The number of aromatic nitrogens is 3. The van der Waals surface area contributed by atoms with E-state index >= 15 is 0 Å². The van der Waals surface area contributed by atoms with Crippen molar-refractivity contribution in [2.24, 2.45) is 0 Å². The Balaban J connectivity index is 2.63. The number of nitrogens with zero attached hydrogens (tertiary/aromatic N) is 3. The highest BCUT2D eigenvalue weighted by molar-refractivity contribution is 6.32. The second kappa shape index (κ2) is 3.87. The summed E-state index contributed by atoms with van der Waals surface area (Å²) in [4.78, 5) is 4.19. The average Bonchev–Trinajstić information content (AvgIpc) is 2.60. The molecule has 0 saturated carbocycles. The molecule has 0 amide bonds. The first kappa shape index (κ1) is 9.93. The zero-order chi connectivity index (χ0) is 10.8. The number of hydrogen-bond donors (Lipinski definition) is 0. The summed E-state index contributed by atoms with van der Waals surface area (Å²) in [6.45, 7) is 5.65. The smallest absolute Gasteiger partial charge is 0.172 e. The molecular weight excluding hydrogens is 210 g/mol. The monoisotopic (exact) mass is 219 g/mol. The van der Waals surface area contributed by atoms with Crippen LogP contribution in [0.15, 0.2) is 31.0 Å². The van der Waals surface area contributed by atoms with Gasteiger partial charge in [-0.25, -0.2) is 9.67 Å². The van der Waals surface area contributed by atoms with E-state index in [4.69, 9.17) is 11.6 Å². The molecule has 15 heavy (non-hydrogen) atoms. The SMILES string of the molecule is C=Cc1cc(C)nn1-c1ncccc1Cl. The van der Waals surface area contributed by atoms with Gasteiger partial charge in [0.15, 0.2) is 5.82 Å². The largest absolute Gasteiger partial charge is 0.236 e. The molecule has 0 aliphatic carbocycles. The Morgan fingerprint density at radius 2 is 2.33 bits per heavy atom. The van der Waals surface area contributed by atoms with Gasteiger partial charge in [-0.1, -0.05) is 18.2 Å². The first-order valence-corrected chi connectivity index (χ1v) is 4.90. The molecule has 2 rings (SSSR count). The van der Waals surface area contributed by atoms with Crippen molar-refractivity contribution in [1.82, 2.24) is 14.8 Å². The van der Waals surface area contributed by atoms with E-state index < -0.39 is 0 Å². The molecule has 0 fully saturated rings. The number of halogens is 1. The normalized spacial score (nSPS) is 10.3. The lowest BCUT2D eigenvalue weighted by Crippen LogP contribution is -2.02. The van der Waals surface area contributed by atoms with Crippen LogP contribution >= 0.6 is 11.6 Å². The van der Waals surface area contributed by atoms with E-state index in [1.807, 2.05) is 13.0 Å². The van der Waals surface area contributed by atoms with Crippen molar-refractivity contribution in [2.45, 2.75) is 6.92 Å². The van der Waals surface area contributed by atoms with E-state index in [0.29, 0.717) is 10.8 Å². The molecule has 0 atom stereocenters. The Bertz CT molecular complexity index is 502. The first-order valence-electron chi connectivity index (χ1n) is 4.52. The molecule has 0 spiro atoms. The van der Waals surface area contributed by atoms with Crippen molar-refractivity contribution < 1.29 is 0 Å². The Morgan fingerprint density at radius 1 is 1.53 bits per heavy atom. The minimum absolute atomic E-state index is 0.573. The van der Waals surface area contributed by atoms with Gasteiger partial charge in [0.1, 0.15) is 0 Å². The molecule has 4 heteroatoms. The zero-order valence-corrected chi connectivity index (χ0v) is 9.07. The van der Waals surface area contributed by atoms with Crippen molar-refractivity contribution in [1.29, 1.82) is 0 Å². The van der Waals surface area contributed by atoms with Crippen LogP contribution in [-0.4, -0.2) is 14.8 Å². The predicted octanol–water partition coefficient (Wildman–Crippen LogP) is 2.87. The lowest BCUT2D eigenvalue weighted by Gasteiger charge is -2.04. The van der Waals surface area contributed by atoms with Gasteiger partial charge in [0.2, 0.25) is 0 Å². The van der Waals surface area contributed by atoms with Gasteiger partial charge in [0.25, 0.3) is 0 Å². The van der Waals surface area contributed by atoms with Gasteiger partial charge >= 0.3 is 0 Å². The van der Waals surface area contributed by atoms with Crippen molar-refractivity contribution >= 4 is 17.7 Å². The molecule has 0 bridgehead atoms. The molecule has 0 aromatic carbocycles. The fourth-order valence-corrected chi connectivity index (χ4v) is 1.57. The Morgan fingerprint density at radius 3 is 3.00 bits per heavy atom. The van der Waals surface area contributed by atoms with Crippen LogP contribution in [0.25, 0.3) is 11.9 Å². The molecular formula is C11H10ClN3. The van der Waals surface area contributed by atoms with Gasteiger partial charge in [0.05, 0.1) is 16.4 Å². The maximum Gasteiger partial charge on any atom is 0.172 e. The highest BCUT2D eigenvalue weighted by Gasteiger charge is 2.08. The highest BCUT2D eigenvalue weighted by atomic mass is 35.5. The second-order valence-electron chi connectivity index (χ2n) is 3.14. The summed E-state index contributed by atoms with van der Waals surface area (Å²) in [6, 6.07) is 5.50. The van der Waals surface area contributed by atoms with Gasteiger partial charge < -0.3 is 0 Å². The van der Waals surface area contributed by atoms with Crippen LogP contribution in [0.1, 0.15) is 11.4 Å². The molecule has 0 N–H and O–H groups in total. The molecule has 2 aromatic rings. The summed E-state index contributed by atoms with van der Waals surface area (Å²) < 4.78 is 1.69. The van der Waals surface area contributed by atoms with Crippen molar-refractivity contribution in [3.8, 4) is 5.82 Å². The van der Waals surface area contributed by atoms with E-state index in [2.05, 4.69) is 16.7 Å². The molecule has 3 nitrogen and oxygen atoms in total. The molecule has 76 valence electrons. The third-order valence-corrected chi connectivity index (χ3v) is 2.30. The predicted molar refractivity (Wildman–Crippen MR) is 61.2 cm³/mol. The standard InChI is InChI=1S/C11H10ClN3/c1-3-9-7-8(2)14-15(9)11-10(12)5-4-6-13-11/h3-7H,1H2,2H3. The van der Waals surface area contributed by atoms with Crippen LogP contribution < -0.4 is 0 Å². The Hall–Kier alpha value is -1.61. The first-order chi connectivity index (χ1) is 7.22. The van der Waals surface area contributed by atoms with Gasteiger partial charge in [0, 0.05) is 6.20 Å². The zero-order valence-electron chi connectivity index (χ0n) is 8.31. The van der Waals surface area contributed by atoms with Gasteiger partial charge in [-0.3, -0.25) is 0 Å². The maximum absolute atomic E-state index is 6.04. The molecule has 0 unspecified atom stereocenters. The number of rotatable bonds is 2. The fraction of sp³-hybridized carbons (Fsp3) is 0.0909. The average molecular weight is 220 g/mol. The topological polar surface area (TPSA) is 30.7 Å². The van der Waals surface area contributed by atoms with E-state index in [1.165, 1.54) is 0 Å². The molecule has 2 heterocycles. The van der Waals surface area contributed by atoms with Crippen LogP contribution in [0.4, 0.5) is 0 Å². The third-order valence-electron chi connectivity index (χ3n) is 2.01. The molecule has 0 saturated heterocycles. The minimum atomic E-state index is 0.573. The van der Waals surface area contributed by atoms with Crippen molar-refractivity contribution in [2.75, 3.05) is 0 Å². The summed E-state index contributed by atoms with van der Waals surface area (Å²) in [5, 5.41) is 4.88. The lowest BCUT2D eigenvalue weighted by atomic mass is 10.3. The minimum Gasteiger partial charge on any atom is -0.236 e. The maximum atomic E-state index is 6.04. The Kier molecular flexibility index (Phi) is 2.56. The summed E-state index contributed by atoms with van der Waals surface area (Å²) in [5.41, 5.74) is 1.79. The van der Waals surface area contributed by atoms with Crippen LogP contribution in [0.3, 0.4) is 0 Å². The van der Waals surface area contributed by atoms with Crippen molar-refractivity contribution in [3.63, 3.8) is 0 Å². The van der Waals surface area contributed by atoms with Crippen molar-refractivity contribution in [3.05, 3.63) is 47.4 Å². The number of pyridine rings is 1. The van der Waals surface area contributed by atoms with Crippen LogP contribution in [-0.2, 0) is 0 Å². The summed E-state index contributed by atoms with van der Waals surface area (Å²) >= 11 is 6.04. The summed E-state index contributed by atoms with van der Waals surface area (Å²) in [5.74, 6) is 0.627. The van der Waals surface area contributed by atoms with Gasteiger partial charge in [-0.15, -0.1) is 0 Å². The van der Waals surface area contributed by atoms with Gasteiger partial charge in [-0.2, -0.15) is 5.10 Å². The van der Waals surface area contributed by atoms with Gasteiger partial charge in [-0.05, 0) is 31.2 Å². The number of aryl methyl sites for hydroxylation is 1. The molecule has 0 radical (unpaired) electrons. The molecule has 0 aliphatic rings. The summed E-state index contributed by atoms with van der Waals surface area (Å²) in [7, 11) is 0. The number of hydrogen-bond acceptors (Lipinski definition) is 2. The van der Waals surface area contributed by atoms with E-state index in [1.54, 1.807) is 29.1 Å². The van der Waals surface area contributed by atoms with Crippen LogP contribution in [0.2, 0.25) is 5.02 Å². The Labute approximate surface area is 93.0 Å². The quantitative estimate of drug-likeness (QED) is 0.778. The molecule has 0 aliphatic heterocycles. The van der Waals surface area contributed by atoms with E-state index in [9.17, 15) is 0 Å².